The van der Waals surface area contributed by atoms with Crippen molar-refractivity contribution in [2.75, 3.05) is 13.2 Å². The number of ether oxygens (including phenoxy) is 2. The first-order valence-corrected chi connectivity index (χ1v) is 7.00. The average molecular weight is 327 g/mol. The Morgan fingerprint density at radius 1 is 1.21 bits per heavy atom. The van der Waals surface area contributed by atoms with Crippen molar-refractivity contribution in [1.29, 1.82) is 0 Å². The molecule has 1 aromatic rings. The summed E-state index contributed by atoms with van der Waals surface area (Å²) in [7, 11) is 0. The summed E-state index contributed by atoms with van der Waals surface area (Å²) in [5.41, 5.74) is 1.14. The Labute approximate surface area is 121 Å². The Bertz CT molecular complexity index is 456. The molecule has 4 heteroatoms. The van der Waals surface area contributed by atoms with Crippen molar-refractivity contribution in [3.63, 3.8) is 0 Å². The number of allylic oxidation sites excluding steroid dienone is 3. The monoisotopic (exact) mass is 326 g/mol. The predicted molar refractivity (Wildman–Crippen MR) is 76.7 cm³/mol. The Morgan fingerprint density at radius 3 is 2.74 bits per heavy atom. The lowest BCUT2D eigenvalue weighted by Crippen LogP contribution is -2.08. The molecular formula is C15H16BrFO2. The first-order valence-electron chi connectivity index (χ1n) is 6.21. The summed E-state index contributed by atoms with van der Waals surface area (Å²) < 4.78 is 24.8. The maximum absolute atomic E-state index is 13.0. The summed E-state index contributed by atoms with van der Waals surface area (Å²) >= 11 is 3.32. The van der Waals surface area contributed by atoms with Crippen LogP contribution in [0.3, 0.4) is 0 Å². The van der Waals surface area contributed by atoms with Crippen molar-refractivity contribution >= 4 is 15.9 Å². The van der Waals surface area contributed by atoms with Crippen LogP contribution < -0.4 is 0 Å². The van der Waals surface area contributed by atoms with E-state index in [1.807, 2.05) is 30.3 Å². The van der Waals surface area contributed by atoms with E-state index in [9.17, 15) is 4.39 Å². The highest BCUT2D eigenvalue weighted by molar-refractivity contribution is 9.11. The van der Waals surface area contributed by atoms with E-state index in [0.29, 0.717) is 32.0 Å². The fourth-order valence-electron chi connectivity index (χ4n) is 1.72. The second kappa shape index (κ2) is 7.46. The van der Waals surface area contributed by atoms with E-state index < -0.39 is 6.17 Å². The van der Waals surface area contributed by atoms with Crippen LogP contribution in [0.2, 0.25) is 0 Å². The summed E-state index contributed by atoms with van der Waals surface area (Å²) in [6.07, 6.45) is 2.59. The zero-order valence-corrected chi connectivity index (χ0v) is 12.1. The van der Waals surface area contributed by atoms with Crippen molar-refractivity contribution in [3.05, 3.63) is 58.3 Å². The van der Waals surface area contributed by atoms with Gasteiger partial charge in [-0.25, -0.2) is 4.39 Å². The summed E-state index contributed by atoms with van der Waals surface area (Å²) in [4.78, 5) is 0. The van der Waals surface area contributed by atoms with Gasteiger partial charge in [-0.2, -0.15) is 0 Å². The third-order valence-electron chi connectivity index (χ3n) is 2.69. The maximum Gasteiger partial charge on any atom is 0.129 e. The van der Waals surface area contributed by atoms with Gasteiger partial charge in [0.15, 0.2) is 0 Å². The zero-order chi connectivity index (χ0) is 13.5. The van der Waals surface area contributed by atoms with Crippen LogP contribution in [0.15, 0.2) is 52.7 Å². The highest BCUT2D eigenvalue weighted by Crippen LogP contribution is 2.26. The Hall–Kier alpha value is -1.13. The molecule has 0 N–H and O–H groups in total. The number of rotatable bonds is 6. The number of benzene rings is 1. The molecular weight excluding hydrogens is 311 g/mol. The third kappa shape index (κ3) is 4.80. The molecule has 0 saturated heterocycles. The minimum atomic E-state index is -0.920. The largest absolute Gasteiger partial charge is 0.490 e. The fraction of sp³-hybridized carbons (Fsp3) is 0.333. The lowest BCUT2D eigenvalue weighted by molar-refractivity contribution is 0.0684. The second-order valence-corrected chi connectivity index (χ2v) is 5.19. The molecule has 0 radical (unpaired) electrons. The molecule has 1 aliphatic rings. The molecule has 102 valence electrons. The van der Waals surface area contributed by atoms with E-state index >= 15 is 0 Å². The van der Waals surface area contributed by atoms with E-state index in [2.05, 4.69) is 15.9 Å². The van der Waals surface area contributed by atoms with Gasteiger partial charge in [0.2, 0.25) is 0 Å². The zero-order valence-electron chi connectivity index (χ0n) is 10.5. The molecule has 1 aliphatic carbocycles. The van der Waals surface area contributed by atoms with Gasteiger partial charge < -0.3 is 9.47 Å². The van der Waals surface area contributed by atoms with Gasteiger partial charge in [-0.05, 0) is 17.7 Å². The molecule has 0 heterocycles. The molecule has 1 aromatic carbocycles. The van der Waals surface area contributed by atoms with Gasteiger partial charge in [-0.15, -0.1) is 0 Å². The number of hydrogen-bond donors (Lipinski definition) is 0. The molecule has 19 heavy (non-hydrogen) atoms. The van der Waals surface area contributed by atoms with Crippen molar-refractivity contribution in [2.24, 2.45) is 0 Å². The summed E-state index contributed by atoms with van der Waals surface area (Å²) in [6, 6.07) is 9.98. The molecule has 0 spiro atoms. The predicted octanol–water partition coefficient (Wildman–Crippen LogP) is 4.12. The van der Waals surface area contributed by atoms with E-state index in [1.165, 1.54) is 6.08 Å². The number of alkyl halides is 1. The van der Waals surface area contributed by atoms with Gasteiger partial charge in [-0.1, -0.05) is 46.3 Å². The van der Waals surface area contributed by atoms with Crippen molar-refractivity contribution in [2.45, 2.75) is 19.2 Å². The second-order valence-electron chi connectivity index (χ2n) is 4.24. The van der Waals surface area contributed by atoms with Crippen molar-refractivity contribution in [1.82, 2.24) is 0 Å². The van der Waals surface area contributed by atoms with Gasteiger partial charge in [0.1, 0.15) is 18.5 Å². The quantitative estimate of drug-likeness (QED) is 0.732. The van der Waals surface area contributed by atoms with Crippen LogP contribution >= 0.6 is 15.9 Å². The van der Waals surface area contributed by atoms with E-state index in [-0.39, 0.29) is 0 Å². The van der Waals surface area contributed by atoms with Crippen LogP contribution in [-0.2, 0) is 16.1 Å². The highest BCUT2D eigenvalue weighted by atomic mass is 79.9. The van der Waals surface area contributed by atoms with Gasteiger partial charge in [-0.3, -0.25) is 0 Å². The number of halogens is 2. The molecule has 1 unspecified atom stereocenters. The summed E-state index contributed by atoms with van der Waals surface area (Å²) in [5, 5.41) is 0. The molecule has 1 atom stereocenters. The highest BCUT2D eigenvalue weighted by Gasteiger charge is 2.14. The fourth-order valence-corrected chi connectivity index (χ4v) is 2.28. The third-order valence-corrected chi connectivity index (χ3v) is 3.41. The smallest absolute Gasteiger partial charge is 0.129 e. The van der Waals surface area contributed by atoms with E-state index in [1.54, 1.807) is 6.08 Å². The minimum absolute atomic E-state index is 0.344. The van der Waals surface area contributed by atoms with Crippen LogP contribution in [0.4, 0.5) is 4.39 Å². The lowest BCUT2D eigenvalue weighted by Gasteiger charge is -2.15. The Morgan fingerprint density at radius 2 is 2.00 bits per heavy atom. The Kier molecular flexibility index (Phi) is 5.61. The minimum Gasteiger partial charge on any atom is -0.490 e. The topological polar surface area (TPSA) is 18.5 Å². The van der Waals surface area contributed by atoms with Crippen LogP contribution in [0.25, 0.3) is 0 Å². The molecule has 0 bridgehead atoms. The molecule has 2 nitrogen and oxygen atoms in total. The normalized spacial score (nSPS) is 18.7. The average Bonchev–Trinajstić information content (AvgIpc) is 2.42. The molecule has 0 aromatic heterocycles. The molecule has 0 aliphatic heterocycles. The molecule has 0 amide bonds. The van der Waals surface area contributed by atoms with Crippen molar-refractivity contribution < 1.29 is 13.9 Å². The first kappa shape index (κ1) is 14.3. The van der Waals surface area contributed by atoms with E-state index in [4.69, 9.17) is 9.47 Å². The maximum atomic E-state index is 13.0. The van der Waals surface area contributed by atoms with Crippen LogP contribution in [0.5, 0.6) is 0 Å². The Balaban J connectivity index is 1.65. The van der Waals surface area contributed by atoms with Gasteiger partial charge in [0.25, 0.3) is 0 Å². The molecule has 0 saturated carbocycles. The summed E-state index contributed by atoms with van der Waals surface area (Å²) in [5.74, 6) is 0.692. The standard InChI is InChI=1S/C15H16BrFO2/c16-14-10-13(17)6-7-15(14)19-9-8-18-11-12-4-2-1-3-5-12/h1-7,13H,8-11H2. The van der Waals surface area contributed by atoms with Crippen molar-refractivity contribution in [3.8, 4) is 0 Å². The lowest BCUT2D eigenvalue weighted by atomic mass is 10.1. The van der Waals surface area contributed by atoms with Crippen LogP contribution in [0, 0.1) is 0 Å². The van der Waals surface area contributed by atoms with Gasteiger partial charge >= 0.3 is 0 Å². The molecule has 2 rings (SSSR count). The SMILES string of the molecule is FC1C=CC(OCCOCc2ccccc2)=C(Br)C1. The van der Waals surface area contributed by atoms with Gasteiger partial charge in [0, 0.05) is 10.9 Å². The first-order chi connectivity index (χ1) is 9.25. The van der Waals surface area contributed by atoms with Crippen LogP contribution in [0.1, 0.15) is 12.0 Å². The van der Waals surface area contributed by atoms with Crippen LogP contribution in [-0.4, -0.2) is 19.4 Å². The summed E-state index contributed by atoms with van der Waals surface area (Å²) in [6.45, 7) is 1.54. The molecule has 0 fully saturated rings. The number of hydrogen-bond acceptors (Lipinski definition) is 2. The van der Waals surface area contributed by atoms with Gasteiger partial charge in [0.05, 0.1) is 13.2 Å². The van der Waals surface area contributed by atoms with E-state index in [0.717, 1.165) is 10.0 Å².